The van der Waals surface area contributed by atoms with Crippen LogP contribution in [-0.4, -0.2) is 24.8 Å². The van der Waals surface area contributed by atoms with Crippen molar-refractivity contribution in [2.75, 3.05) is 13.1 Å². The minimum absolute atomic E-state index is 0.0927. The third-order valence-electron chi connectivity index (χ3n) is 4.28. The van der Waals surface area contributed by atoms with Crippen LogP contribution in [0.5, 0.6) is 0 Å². The number of hydrogen-bond acceptors (Lipinski definition) is 2. The number of rotatable bonds is 4. The third-order valence-corrected chi connectivity index (χ3v) is 4.28. The fraction of sp³-hybridized carbons (Fsp3) is 0.625. The van der Waals surface area contributed by atoms with Gasteiger partial charge in [-0.2, -0.15) is 0 Å². The van der Waals surface area contributed by atoms with Crippen molar-refractivity contribution in [3.05, 3.63) is 35.4 Å². The zero-order valence-corrected chi connectivity index (χ0v) is 11.4. The Morgan fingerprint density at radius 3 is 2.83 bits per heavy atom. The van der Waals surface area contributed by atoms with Crippen LogP contribution in [0.2, 0.25) is 0 Å². The van der Waals surface area contributed by atoms with Crippen LogP contribution in [0.1, 0.15) is 43.7 Å². The van der Waals surface area contributed by atoms with Crippen molar-refractivity contribution in [3.8, 4) is 0 Å². The first-order valence-corrected chi connectivity index (χ1v) is 7.10. The zero-order valence-electron chi connectivity index (χ0n) is 11.4. The predicted molar refractivity (Wildman–Crippen MR) is 73.9 cm³/mol. The summed E-state index contributed by atoms with van der Waals surface area (Å²) in [7, 11) is 0. The summed E-state index contributed by atoms with van der Waals surface area (Å²) in [6.07, 6.45) is 4.03. The van der Waals surface area contributed by atoms with Crippen LogP contribution in [0.15, 0.2) is 24.3 Å². The van der Waals surface area contributed by atoms with Gasteiger partial charge in [0.05, 0.1) is 11.7 Å². The van der Waals surface area contributed by atoms with Crippen molar-refractivity contribution >= 4 is 0 Å². The van der Waals surface area contributed by atoms with Gasteiger partial charge in [-0.05, 0) is 44.2 Å². The van der Waals surface area contributed by atoms with E-state index in [9.17, 15) is 0 Å². The second kappa shape index (κ2) is 4.67. The lowest BCUT2D eigenvalue weighted by molar-refractivity contribution is -0.0142. The molecule has 98 valence electrons. The summed E-state index contributed by atoms with van der Waals surface area (Å²) in [5.41, 5.74) is 3.16. The quantitative estimate of drug-likeness (QED) is 0.880. The lowest BCUT2D eigenvalue weighted by Gasteiger charge is -2.30. The van der Waals surface area contributed by atoms with Crippen molar-refractivity contribution < 1.29 is 4.74 Å². The van der Waals surface area contributed by atoms with Gasteiger partial charge in [-0.3, -0.25) is 0 Å². The lowest BCUT2D eigenvalue weighted by Crippen LogP contribution is -2.34. The molecule has 1 N–H and O–H groups in total. The van der Waals surface area contributed by atoms with Gasteiger partial charge in [0, 0.05) is 19.0 Å². The molecule has 1 aliphatic carbocycles. The Morgan fingerprint density at radius 2 is 2.11 bits per heavy atom. The van der Waals surface area contributed by atoms with E-state index in [0.717, 1.165) is 19.0 Å². The normalized spacial score (nSPS) is 28.8. The Hall–Kier alpha value is -0.860. The molecule has 0 amide bonds. The van der Waals surface area contributed by atoms with Crippen LogP contribution in [0.25, 0.3) is 0 Å². The Morgan fingerprint density at radius 1 is 1.28 bits per heavy atom. The van der Waals surface area contributed by atoms with Crippen molar-refractivity contribution in [1.29, 1.82) is 0 Å². The van der Waals surface area contributed by atoms with Gasteiger partial charge in [-0.25, -0.2) is 0 Å². The molecule has 0 radical (unpaired) electrons. The fourth-order valence-corrected chi connectivity index (χ4v) is 3.18. The summed E-state index contributed by atoms with van der Waals surface area (Å²) in [4.78, 5) is 0. The van der Waals surface area contributed by atoms with E-state index in [1.165, 1.54) is 30.4 Å². The zero-order chi connectivity index (χ0) is 12.6. The Bertz CT molecular complexity index is 427. The van der Waals surface area contributed by atoms with E-state index < -0.39 is 0 Å². The van der Waals surface area contributed by atoms with E-state index in [4.69, 9.17) is 4.74 Å². The molecule has 18 heavy (non-hydrogen) atoms. The van der Waals surface area contributed by atoms with E-state index in [-0.39, 0.29) is 5.60 Å². The largest absolute Gasteiger partial charge is 0.371 e. The number of nitrogens with one attached hydrogen (secondary N) is 1. The van der Waals surface area contributed by atoms with Crippen molar-refractivity contribution in [1.82, 2.24) is 5.32 Å². The van der Waals surface area contributed by atoms with E-state index in [0.29, 0.717) is 6.10 Å². The van der Waals surface area contributed by atoms with E-state index in [1.807, 2.05) is 0 Å². The highest BCUT2D eigenvalue weighted by atomic mass is 16.5. The van der Waals surface area contributed by atoms with E-state index >= 15 is 0 Å². The first-order valence-electron chi connectivity index (χ1n) is 7.10. The fourth-order valence-electron chi connectivity index (χ4n) is 3.18. The van der Waals surface area contributed by atoms with Crippen LogP contribution in [0.4, 0.5) is 0 Å². The first kappa shape index (κ1) is 12.2. The Balaban J connectivity index is 1.42. The highest BCUT2D eigenvalue weighted by Gasteiger charge is 2.31. The minimum Gasteiger partial charge on any atom is -0.371 e. The molecular weight excluding hydrogens is 222 g/mol. The van der Waals surface area contributed by atoms with Crippen molar-refractivity contribution in [2.24, 2.45) is 0 Å². The average Bonchev–Trinajstić information content (AvgIpc) is 2.65. The second-order valence-corrected chi connectivity index (χ2v) is 6.30. The Kier molecular flexibility index (Phi) is 3.16. The van der Waals surface area contributed by atoms with Gasteiger partial charge in [-0.15, -0.1) is 0 Å². The highest BCUT2D eigenvalue weighted by Crippen LogP contribution is 2.34. The molecule has 1 aromatic rings. The molecule has 3 rings (SSSR count). The molecule has 0 spiro atoms. The second-order valence-electron chi connectivity index (χ2n) is 6.30. The molecule has 0 aromatic heterocycles. The molecule has 2 aliphatic rings. The first-order chi connectivity index (χ1) is 8.64. The van der Waals surface area contributed by atoms with Crippen LogP contribution in [0, 0.1) is 0 Å². The van der Waals surface area contributed by atoms with Gasteiger partial charge >= 0.3 is 0 Å². The smallest absolute Gasteiger partial charge is 0.0707 e. The van der Waals surface area contributed by atoms with Crippen LogP contribution in [-0.2, 0) is 11.2 Å². The summed E-state index contributed by atoms with van der Waals surface area (Å²) in [5.74, 6) is 0.718. The maximum absolute atomic E-state index is 5.99. The van der Waals surface area contributed by atoms with Gasteiger partial charge in [0.25, 0.3) is 0 Å². The maximum atomic E-state index is 5.99. The van der Waals surface area contributed by atoms with E-state index in [1.54, 1.807) is 0 Å². The lowest BCUT2D eigenvalue weighted by atomic mass is 9.77. The van der Waals surface area contributed by atoms with Crippen LogP contribution < -0.4 is 5.32 Å². The summed E-state index contributed by atoms with van der Waals surface area (Å²) < 4.78 is 5.99. The number of benzene rings is 1. The maximum Gasteiger partial charge on any atom is 0.0707 e. The molecule has 2 unspecified atom stereocenters. The molecule has 1 aromatic carbocycles. The Labute approximate surface area is 110 Å². The summed E-state index contributed by atoms with van der Waals surface area (Å²) in [5, 5.41) is 3.58. The van der Waals surface area contributed by atoms with Crippen LogP contribution in [0.3, 0.4) is 0 Å². The van der Waals surface area contributed by atoms with Gasteiger partial charge in [0.15, 0.2) is 0 Å². The molecule has 1 aliphatic heterocycles. The topological polar surface area (TPSA) is 21.3 Å². The number of ether oxygens (including phenoxy) is 1. The monoisotopic (exact) mass is 245 g/mol. The van der Waals surface area contributed by atoms with Gasteiger partial charge in [0.2, 0.25) is 0 Å². The molecule has 0 saturated carbocycles. The predicted octanol–water partition coefficient (Wildman–Crippen LogP) is 2.87. The van der Waals surface area contributed by atoms with E-state index in [2.05, 4.69) is 43.4 Å². The standard InChI is InChI=1S/C16H23NO/c1-16(2)8-7-14(18-16)11-17-10-13-9-12-5-3-4-6-15(12)13/h3-6,13-14,17H,7-11H2,1-2H3. The summed E-state index contributed by atoms with van der Waals surface area (Å²) >= 11 is 0. The van der Waals surface area contributed by atoms with Gasteiger partial charge < -0.3 is 10.1 Å². The third kappa shape index (κ3) is 2.45. The molecular formula is C16H23NO. The van der Waals surface area contributed by atoms with Gasteiger partial charge in [0.1, 0.15) is 0 Å². The molecule has 2 heteroatoms. The summed E-state index contributed by atoms with van der Waals surface area (Å²) in [6, 6.07) is 8.79. The van der Waals surface area contributed by atoms with Crippen molar-refractivity contribution in [2.45, 2.75) is 50.7 Å². The van der Waals surface area contributed by atoms with Gasteiger partial charge in [-0.1, -0.05) is 24.3 Å². The molecule has 1 saturated heterocycles. The molecule has 0 bridgehead atoms. The highest BCUT2D eigenvalue weighted by molar-refractivity contribution is 5.40. The number of fused-ring (bicyclic) bond motifs is 1. The van der Waals surface area contributed by atoms with Crippen LogP contribution >= 0.6 is 0 Å². The molecule has 2 nitrogen and oxygen atoms in total. The average molecular weight is 245 g/mol. The molecule has 1 heterocycles. The molecule has 2 atom stereocenters. The summed E-state index contributed by atoms with van der Waals surface area (Å²) in [6.45, 7) is 6.48. The van der Waals surface area contributed by atoms with Crippen molar-refractivity contribution in [3.63, 3.8) is 0 Å². The number of hydrogen-bond donors (Lipinski definition) is 1. The molecule has 1 fully saturated rings. The minimum atomic E-state index is 0.0927. The SMILES string of the molecule is CC1(C)CCC(CNCC2Cc3ccccc32)O1.